The molecule has 0 aliphatic rings. The number of aromatic nitrogens is 2. The lowest BCUT2D eigenvalue weighted by atomic mass is 10.2. The standard InChI is InChI=1S/C13H23N5O/c1-5-14-12-9-15-11(8-16-12)13(19)17-10(2)6-7-18(3)4/h8-10H,5-7H2,1-4H3,(H,14,16)(H,17,19). The molecule has 1 rings (SSSR count). The van der Waals surface area contributed by atoms with E-state index in [9.17, 15) is 4.79 Å². The second-order valence-electron chi connectivity index (χ2n) is 4.78. The molecule has 0 aromatic carbocycles. The molecule has 6 heteroatoms. The highest BCUT2D eigenvalue weighted by molar-refractivity contribution is 5.92. The minimum Gasteiger partial charge on any atom is -0.369 e. The summed E-state index contributed by atoms with van der Waals surface area (Å²) >= 11 is 0. The van der Waals surface area contributed by atoms with Crippen molar-refractivity contribution in [3.05, 3.63) is 18.1 Å². The Morgan fingerprint density at radius 2 is 2.11 bits per heavy atom. The first-order chi connectivity index (χ1) is 9.02. The van der Waals surface area contributed by atoms with E-state index in [1.807, 2.05) is 27.9 Å². The van der Waals surface area contributed by atoms with Gasteiger partial charge in [0.15, 0.2) is 0 Å². The fourth-order valence-electron chi connectivity index (χ4n) is 1.54. The largest absolute Gasteiger partial charge is 0.369 e. The molecular formula is C13H23N5O. The van der Waals surface area contributed by atoms with Gasteiger partial charge in [-0.15, -0.1) is 0 Å². The average molecular weight is 265 g/mol. The Labute approximate surface area is 114 Å². The molecule has 106 valence electrons. The van der Waals surface area contributed by atoms with E-state index in [2.05, 4.69) is 25.5 Å². The van der Waals surface area contributed by atoms with Crippen LogP contribution in [-0.2, 0) is 0 Å². The van der Waals surface area contributed by atoms with E-state index in [1.54, 1.807) is 6.20 Å². The fraction of sp³-hybridized carbons (Fsp3) is 0.615. The average Bonchev–Trinajstić information content (AvgIpc) is 2.37. The molecule has 1 unspecified atom stereocenters. The van der Waals surface area contributed by atoms with Gasteiger partial charge in [0.05, 0.1) is 12.4 Å². The minimum atomic E-state index is -0.179. The van der Waals surface area contributed by atoms with Crippen LogP contribution < -0.4 is 10.6 Å². The van der Waals surface area contributed by atoms with Crippen LogP contribution in [0.25, 0.3) is 0 Å². The van der Waals surface area contributed by atoms with Crippen LogP contribution in [0.2, 0.25) is 0 Å². The summed E-state index contributed by atoms with van der Waals surface area (Å²) in [7, 11) is 4.03. The van der Waals surface area contributed by atoms with Crippen molar-refractivity contribution < 1.29 is 4.79 Å². The maximum atomic E-state index is 11.9. The minimum absolute atomic E-state index is 0.116. The number of nitrogens with one attached hydrogen (secondary N) is 2. The summed E-state index contributed by atoms with van der Waals surface area (Å²) < 4.78 is 0. The van der Waals surface area contributed by atoms with E-state index in [0.717, 1.165) is 19.5 Å². The maximum Gasteiger partial charge on any atom is 0.271 e. The summed E-state index contributed by atoms with van der Waals surface area (Å²) in [6.45, 7) is 5.69. The van der Waals surface area contributed by atoms with Crippen LogP contribution in [0.3, 0.4) is 0 Å². The summed E-state index contributed by atoms with van der Waals surface area (Å²) in [4.78, 5) is 22.2. The van der Waals surface area contributed by atoms with Crippen LogP contribution in [-0.4, -0.2) is 54.0 Å². The first kappa shape index (κ1) is 15.4. The number of hydrogen-bond acceptors (Lipinski definition) is 5. The van der Waals surface area contributed by atoms with Gasteiger partial charge in [-0.05, 0) is 40.9 Å². The molecule has 0 radical (unpaired) electrons. The molecule has 0 spiro atoms. The van der Waals surface area contributed by atoms with E-state index < -0.39 is 0 Å². The Hall–Kier alpha value is -1.69. The van der Waals surface area contributed by atoms with Gasteiger partial charge in [-0.1, -0.05) is 0 Å². The zero-order valence-electron chi connectivity index (χ0n) is 12.1. The van der Waals surface area contributed by atoms with Crippen molar-refractivity contribution in [3.63, 3.8) is 0 Å². The van der Waals surface area contributed by atoms with Crippen molar-refractivity contribution in [1.82, 2.24) is 20.2 Å². The highest BCUT2D eigenvalue weighted by Crippen LogP contribution is 2.01. The number of carbonyl (C=O) groups is 1. The van der Waals surface area contributed by atoms with Crippen LogP contribution in [0.4, 0.5) is 5.82 Å². The van der Waals surface area contributed by atoms with Crippen LogP contribution >= 0.6 is 0 Å². The van der Waals surface area contributed by atoms with E-state index in [4.69, 9.17) is 0 Å². The molecule has 1 aromatic rings. The lowest BCUT2D eigenvalue weighted by molar-refractivity contribution is 0.0931. The monoisotopic (exact) mass is 265 g/mol. The second kappa shape index (κ2) is 7.68. The number of anilines is 1. The fourth-order valence-corrected chi connectivity index (χ4v) is 1.54. The predicted octanol–water partition coefficient (Wildman–Crippen LogP) is 0.978. The zero-order chi connectivity index (χ0) is 14.3. The Balaban J connectivity index is 2.48. The lowest BCUT2D eigenvalue weighted by Gasteiger charge is -2.16. The Morgan fingerprint density at radius 3 is 2.63 bits per heavy atom. The Kier molecular flexibility index (Phi) is 6.21. The summed E-state index contributed by atoms with van der Waals surface area (Å²) in [6.07, 6.45) is 3.97. The lowest BCUT2D eigenvalue weighted by Crippen LogP contribution is -2.35. The van der Waals surface area contributed by atoms with Gasteiger partial charge in [0.25, 0.3) is 5.91 Å². The number of carbonyl (C=O) groups excluding carboxylic acids is 1. The highest BCUT2D eigenvalue weighted by atomic mass is 16.1. The van der Waals surface area contributed by atoms with Crippen molar-refractivity contribution in [2.75, 3.05) is 32.5 Å². The number of rotatable bonds is 7. The molecule has 0 saturated carbocycles. The maximum absolute atomic E-state index is 11.9. The van der Waals surface area contributed by atoms with Gasteiger partial charge in [0, 0.05) is 12.6 Å². The van der Waals surface area contributed by atoms with Gasteiger partial charge < -0.3 is 15.5 Å². The molecule has 6 nitrogen and oxygen atoms in total. The molecule has 19 heavy (non-hydrogen) atoms. The molecule has 1 amide bonds. The zero-order valence-corrected chi connectivity index (χ0v) is 12.1. The van der Waals surface area contributed by atoms with Crippen molar-refractivity contribution in [2.45, 2.75) is 26.3 Å². The summed E-state index contributed by atoms with van der Waals surface area (Å²) in [5.74, 6) is 0.501. The van der Waals surface area contributed by atoms with Crippen molar-refractivity contribution in [1.29, 1.82) is 0 Å². The van der Waals surface area contributed by atoms with E-state index in [0.29, 0.717) is 11.5 Å². The third kappa shape index (κ3) is 5.65. The van der Waals surface area contributed by atoms with Gasteiger partial charge in [0.2, 0.25) is 0 Å². The third-order valence-corrected chi connectivity index (χ3v) is 2.63. The molecule has 0 fully saturated rings. The molecule has 0 bridgehead atoms. The smallest absolute Gasteiger partial charge is 0.271 e. The van der Waals surface area contributed by atoms with Gasteiger partial charge in [-0.3, -0.25) is 4.79 Å². The molecule has 1 atom stereocenters. The number of nitrogens with zero attached hydrogens (tertiary/aromatic N) is 3. The predicted molar refractivity (Wildman–Crippen MR) is 76.3 cm³/mol. The van der Waals surface area contributed by atoms with Crippen molar-refractivity contribution >= 4 is 11.7 Å². The van der Waals surface area contributed by atoms with Crippen LogP contribution in [0.15, 0.2) is 12.4 Å². The van der Waals surface area contributed by atoms with Crippen LogP contribution in [0.1, 0.15) is 30.8 Å². The Morgan fingerprint density at radius 1 is 1.37 bits per heavy atom. The quantitative estimate of drug-likeness (QED) is 0.769. The Bertz CT molecular complexity index is 391. The summed E-state index contributed by atoms with van der Waals surface area (Å²) in [5.41, 5.74) is 0.346. The normalized spacial score (nSPS) is 12.3. The van der Waals surface area contributed by atoms with Crippen LogP contribution in [0, 0.1) is 0 Å². The topological polar surface area (TPSA) is 70.2 Å². The van der Waals surface area contributed by atoms with Gasteiger partial charge in [-0.2, -0.15) is 0 Å². The van der Waals surface area contributed by atoms with Gasteiger partial charge in [-0.25, -0.2) is 9.97 Å². The van der Waals surface area contributed by atoms with Crippen molar-refractivity contribution in [2.24, 2.45) is 0 Å². The molecule has 0 saturated heterocycles. The first-order valence-corrected chi connectivity index (χ1v) is 6.54. The summed E-state index contributed by atoms with van der Waals surface area (Å²) in [6, 6.07) is 0.116. The molecule has 0 aliphatic heterocycles. The van der Waals surface area contributed by atoms with E-state index in [1.165, 1.54) is 6.20 Å². The molecule has 1 aromatic heterocycles. The third-order valence-electron chi connectivity index (χ3n) is 2.63. The summed E-state index contributed by atoms with van der Waals surface area (Å²) in [5, 5.41) is 5.95. The van der Waals surface area contributed by atoms with E-state index in [-0.39, 0.29) is 11.9 Å². The van der Waals surface area contributed by atoms with Gasteiger partial charge >= 0.3 is 0 Å². The molecule has 0 aliphatic carbocycles. The number of hydrogen-bond donors (Lipinski definition) is 2. The SMILES string of the molecule is CCNc1cnc(C(=O)NC(C)CCN(C)C)cn1. The first-order valence-electron chi connectivity index (χ1n) is 6.54. The highest BCUT2D eigenvalue weighted by Gasteiger charge is 2.11. The van der Waals surface area contributed by atoms with Gasteiger partial charge in [0.1, 0.15) is 11.5 Å². The van der Waals surface area contributed by atoms with Crippen LogP contribution in [0.5, 0.6) is 0 Å². The second-order valence-corrected chi connectivity index (χ2v) is 4.78. The van der Waals surface area contributed by atoms with Crippen molar-refractivity contribution in [3.8, 4) is 0 Å². The molecular weight excluding hydrogens is 242 g/mol. The number of amides is 1. The van der Waals surface area contributed by atoms with E-state index >= 15 is 0 Å². The molecule has 2 N–H and O–H groups in total. The molecule has 1 heterocycles.